The van der Waals surface area contributed by atoms with E-state index in [4.69, 9.17) is 0 Å². The van der Waals surface area contributed by atoms with Crippen LogP contribution in [-0.2, 0) is 4.79 Å². The summed E-state index contributed by atoms with van der Waals surface area (Å²) < 4.78 is 0. The fourth-order valence-electron chi connectivity index (χ4n) is 4.16. The van der Waals surface area contributed by atoms with Gasteiger partial charge in [0.2, 0.25) is 5.91 Å². The average molecular weight is 300 g/mol. The van der Waals surface area contributed by atoms with Crippen molar-refractivity contribution < 1.29 is 4.79 Å². The van der Waals surface area contributed by atoms with Crippen LogP contribution in [0.1, 0.15) is 68.3 Å². The number of carbonyl (C=O) groups is 1. The van der Waals surface area contributed by atoms with Crippen molar-refractivity contribution >= 4 is 5.91 Å². The van der Waals surface area contributed by atoms with Crippen LogP contribution in [-0.4, -0.2) is 22.9 Å². The zero-order valence-corrected chi connectivity index (χ0v) is 14.1. The van der Waals surface area contributed by atoms with E-state index in [1.165, 1.54) is 23.1 Å². The SMILES string of the molecule is CCCN1C(=O)C2(CCCCC2)NC1c1ccc(C)cc1C. The molecule has 1 saturated heterocycles. The topological polar surface area (TPSA) is 32.3 Å². The molecular weight excluding hydrogens is 272 g/mol. The molecule has 22 heavy (non-hydrogen) atoms. The summed E-state index contributed by atoms with van der Waals surface area (Å²) >= 11 is 0. The van der Waals surface area contributed by atoms with Crippen LogP contribution in [0, 0.1) is 13.8 Å². The molecule has 1 aliphatic heterocycles. The van der Waals surface area contributed by atoms with E-state index in [0.717, 1.165) is 38.6 Å². The molecule has 1 heterocycles. The summed E-state index contributed by atoms with van der Waals surface area (Å²) in [7, 11) is 0. The Hall–Kier alpha value is -1.35. The second kappa shape index (κ2) is 6.04. The molecule has 2 aliphatic rings. The zero-order valence-electron chi connectivity index (χ0n) is 14.1. The first-order valence-electron chi connectivity index (χ1n) is 8.73. The van der Waals surface area contributed by atoms with Gasteiger partial charge in [-0.05, 0) is 44.2 Å². The van der Waals surface area contributed by atoms with Gasteiger partial charge in [0, 0.05) is 6.54 Å². The summed E-state index contributed by atoms with van der Waals surface area (Å²) in [5, 5.41) is 3.74. The normalized spacial score (nSPS) is 24.2. The average Bonchev–Trinajstić information content (AvgIpc) is 2.75. The predicted octanol–water partition coefficient (Wildman–Crippen LogP) is 3.85. The van der Waals surface area contributed by atoms with Crippen LogP contribution >= 0.6 is 0 Å². The van der Waals surface area contributed by atoms with Gasteiger partial charge >= 0.3 is 0 Å². The van der Waals surface area contributed by atoms with Gasteiger partial charge in [-0.25, -0.2) is 0 Å². The highest BCUT2D eigenvalue weighted by Gasteiger charge is 2.51. The second-order valence-electron chi connectivity index (χ2n) is 7.05. The van der Waals surface area contributed by atoms with Crippen molar-refractivity contribution in [3.05, 3.63) is 34.9 Å². The van der Waals surface area contributed by atoms with Gasteiger partial charge in [0.15, 0.2) is 0 Å². The molecule has 1 aromatic rings. The summed E-state index contributed by atoms with van der Waals surface area (Å²) in [5.74, 6) is 0.332. The maximum Gasteiger partial charge on any atom is 0.244 e. The number of carbonyl (C=O) groups excluding carboxylic acids is 1. The smallest absolute Gasteiger partial charge is 0.244 e. The third-order valence-corrected chi connectivity index (χ3v) is 5.29. The number of amides is 1. The maximum absolute atomic E-state index is 13.1. The highest BCUT2D eigenvalue weighted by molar-refractivity contribution is 5.89. The third kappa shape index (κ3) is 2.56. The summed E-state index contributed by atoms with van der Waals surface area (Å²) in [6.45, 7) is 7.27. The van der Waals surface area contributed by atoms with E-state index in [1.54, 1.807) is 0 Å². The number of aryl methyl sites for hydroxylation is 2. The molecule has 1 atom stereocenters. The van der Waals surface area contributed by atoms with Crippen molar-refractivity contribution in [2.24, 2.45) is 0 Å². The number of nitrogens with one attached hydrogen (secondary N) is 1. The van der Waals surface area contributed by atoms with E-state index in [-0.39, 0.29) is 11.7 Å². The molecule has 1 saturated carbocycles. The van der Waals surface area contributed by atoms with Crippen LogP contribution in [0.3, 0.4) is 0 Å². The van der Waals surface area contributed by atoms with E-state index in [2.05, 4.69) is 49.2 Å². The van der Waals surface area contributed by atoms with Crippen molar-refractivity contribution in [2.45, 2.75) is 71.0 Å². The van der Waals surface area contributed by atoms with Gasteiger partial charge in [-0.2, -0.15) is 0 Å². The minimum absolute atomic E-state index is 0.0474. The monoisotopic (exact) mass is 300 g/mol. The van der Waals surface area contributed by atoms with Gasteiger partial charge in [-0.1, -0.05) is 49.9 Å². The Kier molecular flexibility index (Phi) is 4.26. The van der Waals surface area contributed by atoms with Crippen molar-refractivity contribution in [3.8, 4) is 0 Å². The van der Waals surface area contributed by atoms with E-state index in [1.807, 2.05) is 0 Å². The summed E-state index contributed by atoms with van der Waals surface area (Å²) in [5.41, 5.74) is 3.52. The molecule has 3 nitrogen and oxygen atoms in total. The number of hydrogen-bond acceptors (Lipinski definition) is 2. The quantitative estimate of drug-likeness (QED) is 0.919. The van der Waals surface area contributed by atoms with Crippen molar-refractivity contribution in [3.63, 3.8) is 0 Å². The molecule has 1 aromatic carbocycles. The lowest BCUT2D eigenvalue weighted by Crippen LogP contribution is -2.48. The van der Waals surface area contributed by atoms with Crippen molar-refractivity contribution in [1.29, 1.82) is 0 Å². The molecule has 1 aliphatic carbocycles. The third-order valence-electron chi connectivity index (χ3n) is 5.29. The Labute approximate surface area is 134 Å². The Morgan fingerprint density at radius 3 is 2.59 bits per heavy atom. The Bertz CT molecular complexity index is 561. The first-order chi connectivity index (χ1) is 10.6. The van der Waals surface area contributed by atoms with Crippen LogP contribution in [0.5, 0.6) is 0 Å². The lowest BCUT2D eigenvalue weighted by Gasteiger charge is -2.31. The fourth-order valence-corrected chi connectivity index (χ4v) is 4.16. The van der Waals surface area contributed by atoms with Crippen LogP contribution < -0.4 is 5.32 Å². The van der Waals surface area contributed by atoms with E-state index < -0.39 is 0 Å². The molecule has 1 amide bonds. The summed E-state index contributed by atoms with van der Waals surface area (Å²) in [4.78, 5) is 15.2. The van der Waals surface area contributed by atoms with Crippen molar-refractivity contribution in [1.82, 2.24) is 10.2 Å². The molecule has 3 heteroatoms. The van der Waals surface area contributed by atoms with Gasteiger partial charge in [0.1, 0.15) is 6.17 Å². The highest BCUT2D eigenvalue weighted by Crippen LogP contribution is 2.40. The standard InChI is InChI=1S/C19H28N2O/c1-4-12-21-17(16-9-8-14(2)13-15(16)3)20-19(18(21)22)10-6-5-7-11-19/h8-9,13,17,20H,4-7,10-12H2,1-3H3. The second-order valence-corrected chi connectivity index (χ2v) is 7.05. The summed E-state index contributed by atoms with van der Waals surface area (Å²) in [6.07, 6.45) is 6.63. The highest BCUT2D eigenvalue weighted by atomic mass is 16.2. The minimum atomic E-state index is -0.296. The van der Waals surface area contributed by atoms with Crippen molar-refractivity contribution in [2.75, 3.05) is 6.54 Å². The lowest BCUT2D eigenvalue weighted by atomic mass is 9.81. The Balaban J connectivity index is 1.96. The van der Waals surface area contributed by atoms with Crippen LogP contribution in [0.25, 0.3) is 0 Å². The molecule has 2 fully saturated rings. The van der Waals surface area contributed by atoms with Gasteiger partial charge in [0.05, 0.1) is 5.54 Å². The molecular formula is C19H28N2O. The van der Waals surface area contributed by atoms with Gasteiger partial charge in [-0.3, -0.25) is 10.1 Å². The van der Waals surface area contributed by atoms with Crippen LogP contribution in [0.15, 0.2) is 18.2 Å². The largest absolute Gasteiger partial charge is 0.321 e. The number of nitrogens with zero attached hydrogens (tertiary/aromatic N) is 1. The van der Waals surface area contributed by atoms with Gasteiger partial charge in [-0.15, -0.1) is 0 Å². The molecule has 0 aromatic heterocycles. The molecule has 1 N–H and O–H groups in total. The fraction of sp³-hybridized carbons (Fsp3) is 0.632. The maximum atomic E-state index is 13.1. The number of hydrogen-bond donors (Lipinski definition) is 1. The van der Waals surface area contributed by atoms with E-state index in [0.29, 0.717) is 5.91 Å². The molecule has 1 unspecified atom stereocenters. The molecule has 0 bridgehead atoms. The minimum Gasteiger partial charge on any atom is -0.321 e. The first kappa shape index (κ1) is 15.5. The van der Waals surface area contributed by atoms with E-state index >= 15 is 0 Å². The first-order valence-corrected chi connectivity index (χ1v) is 8.73. The molecule has 3 rings (SSSR count). The summed E-state index contributed by atoms with van der Waals surface area (Å²) in [6, 6.07) is 6.57. The van der Waals surface area contributed by atoms with Gasteiger partial charge in [0.25, 0.3) is 0 Å². The lowest BCUT2D eigenvalue weighted by molar-refractivity contribution is -0.134. The number of rotatable bonds is 3. The van der Waals surface area contributed by atoms with E-state index in [9.17, 15) is 4.79 Å². The van der Waals surface area contributed by atoms with Gasteiger partial charge < -0.3 is 4.90 Å². The number of benzene rings is 1. The molecule has 120 valence electrons. The Morgan fingerprint density at radius 2 is 1.95 bits per heavy atom. The van der Waals surface area contributed by atoms with Crippen LogP contribution in [0.4, 0.5) is 0 Å². The molecule has 1 spiro atoms. The zero-order chi connectivity index (χ0) is 15.7. The predicted molar refractivity (Wildman–Crippen MR) is 89.6 cm³/mol. The molecule has 0 radical (unpaired) electrons. The van der Waals surface area contributed by atoms with Crippen LogP contribution in [0.2, 0.25) is 0 Å². The Morgan fingerprint density at radius 1 is 1.23 bits per heavy atom.